The first-order chi connectivity index (χ1) is 7.40. The Morgan fingerprint density at radius 2 is 2.00 bits per heavy atom. The van der Waals surface area contributed by atoms with Crippen LogP contribution in [-0.2, 0) is 4.74 Å². The number of nitrogens with zero attached hydrogens (tertiary/aromatic N) is 1. The Hall–Kier alpha value is -0.330. The fourth-order valence-electron chi connectivity index (χ4n) is 1.45. The Labute approximate surface area is 94.9 Å². The lowest BCUT2D eigenvalue weighted by molar-refractivity contribution is -0.125. The predicted molar refractivity (Wildman–Crippen MR) is 57.5 cm³/mol. The molecule has 0 amide bonds. The van der Waals surface area contributed by atoms with Gasteiger partial charge in [0, 0.05) is 26.2 Å². The van der Waals surface area contributed by atoms with E-state index in [1.165, 1.54) is 0 Å². The zero-order valence-electron chi connectivity index (χ0n) is 10.1. The smallest absolute Gasteiger partial charge is 0.383 e. The number of rotatable bonds is 8. The summed E-state index contributed by atoms with van der Waals surface area (Å²) < 4.78 is 40.6. The topological polar surface area (TPSA) is 24.5 Å². The van der Waals surface area contributed by atoms with Crippen LogP contribution in [0.3, 0.4) is 0 Å². The molecule has 0 rings (SSSR count). The Morgan fingerprint density at radius 1 is 1.38 bits per heavy atom. The van der Waals surface area contributed by atoms with Gasteiger partial charge in [0.15, 0.2) is 0 Å². The lowest BCUT2D eigenvalue weighted by Gasteiger charge is -2.27. The zero-order chi connectivity index (χ0) is 12.6. The molecule has 0 heterocycles. The number of hydrogen-bond acceptors (Lipinski definition) is 3. The fourth-order valence-corrected chi connectivity index (χ4v) is 1.45. The number of halogens is 3. The van der Waals surface area contributed by atoms with Crippen LogP contribution in [-0.4, -0.2) is 57.0 Å². The standard InChI is InChI=1S/C10H21F3N2O/c1-4-15(5-6-16-3)9(2)7-14-8-10(11,12)13/h9,14H,4-8H2,1-3H3. The van der Waals surface area contributed by atoms with Crippen molar-refractivity contribution in [3.63, 3.8) is 0 Å². The largest absolute Gasteiger partial charge is 0.401 e. The van der Waals surface area contributed by atoms with Crippen molar-refractivity contribution in [3.8, 4) is 0 Å². The van der Waals surface area contributed by atoms with Crippen LogP contribution in [0, 0.1) is 0 Å². The maximum absolute atomic E-state index is 11.9. The van der Waals surface area contributed by atoms with Gasteiger partial charge in [-0.3, -0.25) is 4.90 Å². The van der Waals surface area contributed by atoms with E-state index in [0.29, 0.717) is 13.2 Å². The molecule has 6 heteroatoms. The average Bonchev–Trinajstić information content (AvgIpc) is 2.17. The van der Waals surface area contributed by atoms with E-state index in [9.17, 15) is 13.2 Å². The highest BCUT2D eigenvalue weighted by Crippen LogP contribution is 2.12. The Balaban J connectivity index is 3.79. The van der Waals surface area contributed by atoms with Crippen molar-refractivity contribution in [2.24, 2.45) is 0 Å². The lowest BCUT2D eigenvalue weighted by Crippen LogP contribution is -2.43. The number of nitrogens with one attached hydrogen (secondary N) is 1. The summed E-state index contributed by atoms with van der Waals surface area (Å²) in [5.41, 5.74) is 0. The van der Waals surface area contributed by atoms with Crippen molar-refractivity contribution < 1.29 is 17.9 Å². The monoisotopic (exact) mass is 242 g/mol. The van der Waals surface area contributed by atoms with E-state index in [-0.39, 0.29) is 6.04 Å². The first kappa shape index (κ1) is 15.7. The second-order valence-corrected chi connectivity index (χ2v) is 3.72. The maximum Gasteiger partial charge on any atom is 0.401 e. The number of methoxy groups -OCH3 is 1. The van der Waals surface area contributed by atoms with Gasteiger partial charge in [-0.1, -0.05) is 6.92 Å². The van der Waals surface area contributed by atoms with Gasteiger partial charge >= 0.3 is 6.18 Å². The molecule has 0 bridgehead atoms. The van der Waals surface area contributed by atoms with Gasteiger partial charge in [-0.25, -0.2) is 0 Å². The predicted octanol–water partition coefficient (Wildman–Crippen LogP) is 1.50. The minimum atomic E-state index is -4.14. The van der Waals surface area contributed by atoms with Crippen molar-refractivity contribution in [2.75, 3.05) is 39.9 Å². The number of hydrogen-bond donors (Lipinski definition) is 1. The molecule has 1 atom stereocenters. The van der Waals surface area contributed by atoms with Crippen LogP contribution in [0.15, 0.2) is 0 Å². The molecule has 0 aromatic heterocycles. The molecule has 0 aliphatic heterocycles. The molecule has 0 aromatic carbocycles. The molecule has 16 heavy (non-hydrogen) atoms. The first-order valence-corrected chi connectivity index (χ1v) is 5.41. The highest BCUT2D eigenvalue weighted by Gasteiger charge is 2.26. The summed E-state index contributed by atoms with van der Waals surface area (Å²) in [7, 11) is 1.61. The molecule has 3 nitrogen and oxygen atoms in total. The van der Waals surface area contributed by atoms with E-state index in [1.54, 1.807) is 7.11 Å². The summed E-state index contributed by atoms with van der Waals surface area (Å²) in [6.45, 7) is 5.42. The molecule has 98 valence electrons. The molecule has 0 radical (unpaired) electrons. The van der Waals surface area contributed by atoms with Gasteiger partial charge in [-0.2, -0.15) is 13.2 Å². The number of alkyl halides is 3. The van der Waals surface area contributed by atoms with Gasteiger partial charge in [0.1, 0.15) is 0 Å². The van der Waals surface area contributed by atoms with Gasteiger partial charge in [0.25, 0.3) is 0 Å². The van der Waals surface area contributed by atoms with Gasteiger partial charge < -0.3 is 10.1 Å². The van der Waals surface area contributed by atoms with Crippen molar-refractivity contribution >= 4 is 0 Å². The fraction of sp³-hybridized carbons (Fsp3) is 1.00. The van der Waals surface area contributed by atoms with E-state index in [0.717, 1.165) is 13.1 Å². The van der Waals surface area contributed by atoms with Crippen molar-refractivity contribution in [1.82, 2.24) is 10.2 Å². The quantitative estimate of drug-likeness (QED) is 0.698. The highest BCUT2D eigenvalue weighted by atomic mass is 19.4. The summed E-state index contributed by atoms with van der Waals surface area (Å²) in [4.78, 5) is 2.08. The summed E-state index contributed by atoms with van der Waals surface area (Å²) in [6, 6.07) is 0.0718. The highest BCUT2D eigenvalue weighted by molar-refractivity contribution is 4.69. The van der Waals surface area contributed by atoms with Crippen molar-refractivity contribution in [1.29, 1.82) is 0 Å². The van der Waals surface area contributed by atoms with Crippen molar-refractivity contribution in [3.05, 3.63) is 0 Å². The summed E-state index contributed by atoms with van der Waals surface area (Å²) >= 11 is 0. The number of likely N-dealkylation sites (N-methyl/N-ethyl adjacent to an activating group) is 1. The van der Waals surface area contributed by atoms with E-state index < -0.39 is 12.7 Å². The molecule has 0 aliphatic rings. The van der Waals surface area contributed by atoms with Crippen LogP contribution in [0.25, 0.3) is 0 Å². The van der Waals surface area contributed by atoms with Gasteiger partial charge in [0.05, 0.1) is 13.2 Å². The minimum absolute atomic E-state index is 0.0718. The third-order valence-corrected chi connectivity index (χ3v) is 2.38. The summed E-state index contributed by atoms with van der Waals surface area (Å²) in [6.07, 6.45) is -4.14. The first-order valence-electron chi connectivity index (χ1n) is 5.41. The van der Waals surface area contributed by atoms with Crippen LogP contribution < -0.4 is 5.32 Å². The average molecular weight is 242 g/mol. The lowest BCUT2D eigenvalue weighted by atomic mass is 10.2. The molecule has 1 unspecified atom stereocenters. The molecule has 0 spiro atoms. The Bertz CT molecular complexity index is 176. The van der Waals surface area contributed by atoms with Gasteiger partial charge in [-0.15, -0.1) is 0 Å². The third-order valence-electron chi connectivity index (χ3n) is 2.38. The normalized spacial score (nSPS) is 14.4. The van der Waals surface area contributed by atoms with Gasteiger partial charge in [0.2, 0.25) is 0 Å². The number of ether oxygens (including phenoxy) is 1. The Kier molecular flexibility index (Phi) is 7.70. The molecule has 0 saturated heterocycles. The molecule has 0 fully saturated rings. The van der Waals surface area contributed by atoms with Crippen LogP contribution in [0.4, 0.5) is 13.2 Å². The summed E-state index contributed by atoms with van der Waals surface area (Å²) in [5.74, 6) is 0. The van der Waals surface area contributed by atoms with Crippen LogP contribution in [0.5, 0.6) is 0 Å². The molecule has 0 aromatic rings. The van der Waals surface area contributed by atoms with Crippen LogP contribution >= 0.6 is 0 Å². The van der Waals surface area contributed by atoms with E-state index in [4.69, 9.17) is 4.74 Å². The van der Waals surface area contributed by atoms with Crippen LogP contribution in [0.1, 0.15) is 13.8 Å². The van der Waals surface area contributed by atoms with Crippen molar-refractivity contribution in [2.45, 2.75) is 26.1 Å². The minimum Gasteiger partial charge on any atom is -0.383 e. The maximum atomic E-state index is 11.9. The third kappa shape index (κ3) is 7.90. The summed E-state index contributed by atoms with van der Waals surface area (Å²) in [5, 5.41) is 2.41. The zero-order valence-corrected chi connectivity index (χ0v) is 10.1. The molecular formula is C10H21F3N2O. The molecule has 0 aliphatic carbocycles. The molecule has 1 N–H and O–H groups in total. The Morgan fingerprint density at radius 3 is 2.44 bits per heavy atom. The SMILES string of the molecule is CCN(CCOC)C(C)CNCC(F)(F)F. The second kappa shape index (κ2) is 7.86. The van der Waals surface area contributed by atoms with E-state index in [2.05, 4.69) is 10.2 Å². The van der Waals surface area contributed by atoms with E-state index in [1.807, 2.05) is 13.8 Å². The molecular weight excluding hydrogens is 221 g/mol. The van der Waals surface area contributed by atoms with E-state index >= 15 is 0 Å². The van der Waals surface area contributed by atoms with Crippen LogP contribution in [0.2, 0.25) is 0 Å². The van der Waals surface area contributed by atoms with Gasteiger partial charge in [-0.05, 0) is 13.5 Å². The molecule has 0 saturated carbocycles. The second-order valence-electron chi connectivity index (χ2n) is 3.72.